The summed E-state index contributed by atoms with van der Waals surface area (Å²) in [7, 11) is -3.61. The Balaban J connectivity index is 2.28. The van der Waals surface area contributed by atoms with Gasteiger partial charge < -0.3 is 5.73 Å². The molecule has 0 unspecified atom stereocenters. The van der Waals surface area contributed by atoms with Gasteiger partial charge in [0, 0.05) is 21.0 Å². The zero-order valence-electron chi connectivity index (χ0n) is 11.0. The Morgan fingerprint density at radius 1 is 1.20 bits per heavy atom. The fourth-order valence-electron chi connectivity index (χ4n) is 1.79. The van der Waals surface area contributed by atoms with E-state index in [0.717, 1.165) is 9.75 Å². The van der Waals surface area contributed by atoms with Gasteiger partial charge >= 0.3 is 0 Å². The van der Waals surface area contributed by atoms with Crippen molar-refractivity contribution in [2.75, 3.05) is 4.72 Å². The predicted molar refractivity (Wildman–Crippen MR) is 79.6 cm³/mol. The summed E-state index contributed by atoms with van der Waals surface area (Å²) in [5.41, 5.74) is 5.84. The van der Waals surface area contributed by atoms with Crippen molar-refractivity contribution >= 4 is 33.0 Å². The number of anilines is 1. The van der Waals surface area contributed by atoms with Crippen LogP contribution in [0.2, 0.25) is 0 Å². The maximum atomic E-state index is 12.3. The van der Waals surface area contributed by atoms with Crippen LogP contribution in [0, 0.1) is 13.8 Å². The van der Waals surface area contributed by atoms with Gasteiger partial charge in [0.25, 0.3) is 10.0 Å². The van der Waals surface area contributed by atoms with Gasteiger partial charge in [-0.15, -0.1) is 11.3 Å². The van der Waals surface area contributed by atoms with Gasteiger partial charge in [0.2, 0.25) is 5.91 Å². The molecule has 2 rings (SSSR count). The first-order chi connectivity index (χ1) is 9.29. The van der Waals surface area contributed by atoms with E-state index >= 15 is 0 Å². The summed E-state index contributed by atoms with van der Waals surface area (Å²) in [5.74, 6) is -0.552. The fraction of sp³-hybridized carbons (Fsp3) is 0.154. The molecule has 0 saturated heterocycles. The number of primary amides is 1. The molecule has 0 aliphatic carbocycles. The molecule has 20 heavy (non-hydrogen) atoms. The Labute approximate surface area is 121 Å². The summed E-state index contributed by atoms with van der Waals surface area (Å²) in [4.78, 5) is 12.9. The van der Waals surface area contributed by atoms with Crippen LogP contribution in [0.5, 0.6) is 0 Å². The van der Waals surface area contributed by atoms with Gasteiger partial charge in [0.05, 0.1) is 0 Å². The first-order valence-electron chi connectivity index (χ1n) is 5.79. The standard InChI is InChI=1S/C13H14N2O3S2/c1-8-7-12(9(2)19-8)20(17,18)15-11-5-3-10(4-6-11)13(14)16/h3-7,15H,1-2H3,(H2,14,16). The van der Waals surface area contributed by atoms with Gasteiger partial charge in [0.15, 0.2) is 0 Å². The fourth-order valence-corrected chi connectivity index (χ4v) is 4.40. The van der Waals surface area contributed by atoms with Crippen LogP contribution in [-0.4, -0.2) is 14.3 Å². The van der Waals surface area contributed by atoms with Crippen LogP contribution >= 0.6 is 11.3 Å². The molecule has 1 aromatic carbocycles. The third-order valence-corrected chi connectivity index (χ3v) is 5.31. The van der Waals surface area contributed by atoms with Crippen LogP contribution in [0.25, 0.3) is 0 Å². The van der Waals surface area contributed by atoms with Crippen LogP contribution in [-0.2, 0) is 10.0 Å². The van der Waals surface area contributed by atoms with Crippen molar-refractivity contribution < 1.29 is 13.2 Å². The lowest BCUT2D eigenvalue weighted by Crippen LogP contribution is -2.14. The number of nitrogens with two attached hydrogens (primary N) is 1. The highest BCUT2D eigenvalue weighted by Gasteiger charge is 2.19. The second-order valence-corrected chi connectivity index (χ2v) is 7.44. The number of benzene rings is 1. The molecule has 0 fully saturated rings. The number of aryl methyl sites for hydroxylation is 2. The minimum absolute atomic E-state index is 0.277. The molecule has 1 amide bonds. The SMILES string of the molecule is Cc1cc(S(=O)(=O)Nc2ccc(C(N)=O)cc2)c(C)s1. The summed E-state index contributed by atoms with van der Waals surface area (Å²) >= 11 is 1.43. The Hall–Kier alpha value is -1.86. The minimum Gasteiger partial charge on any atom is -0.366 e. The molecule has 2 aromatic rings. The van der Waals surface area contributed by atoms with E-state index in [-0.39, 0.29) is 4.90 Å². The molecular formula is C13H14N2O3S2. The van der Waals surface area contributed by atoms with Crippen molar-refractivity contribution in [1.29, 1.82) is 0 Å². The second kappa shape index (κ2) is 5.26. The van der Waals surface area contributed by atoms with E-state index in [2.05, 4.69) is 4.72 Å². The van der Waals surface area contributed by atoms with Crippen molar-refractivity contribution in [2.24, 2.45) is 5.73 Å². The van der Waals surface area contributed by atoms with Crippen LogP contribution in [0.3, 0.4) is 0 Å². The lowest BCUT2D eigenvalue weighted by Gasteiger charge is -2.07. The molecule has 106 valence electrons. The summed E-state index contributed by atoms with van der Waals surface area (Å²) in [5, 5.41) is 0. The van der Waals surface area contributed by atoms with Crippen molar-refractivity contribution in [2.45, 2.75) is 18.7 Å². The normalized spacial score (nSPS) is 11.3. The highest BCUT2D eigenvalue weighted by molar-refractivity contribution is 7.93. The number of thiophene rings is 1. The molecule has 0 atom stereocenters. The molecule has 0 saturated carbocycles. The predicted octanol–water partition coefficient (Wildman–Crippen LogP) is 2.26. The van der Waals surface area contributed by atoms with E-state index in [0.29, 0.717) is 11.3 Å². The lowest BCUT2D eigenvalue weighted by molar-refractivity contribution is 0.100. The molecule has 5 nitrogen and oxygen atoms in total. The average molecular weight is 310 g/mol. The zero-order valence-corrected chi connectivity index (χ0v) is 12.6. The largest absolute Gasteiger partial charge is 0.366 e. The number of hydrogen-bond acceptors (Lipinski definition) is 4. The maximum Gasteiger partial charge on any atom is 0.262 e. The van der Waals surface area contributed by atoms with Crippen molar-refractivity contribution in [3.8, 4) is 0 Å². The molecule has 7 heteroatoms. The molecule has 3 N–H and O–H groups in total. The summed E-state index contributed by atoms with van der Waals surface area (Å²) in [6.07, 6.45) is 0. The number of rotatable bonds is 4. The molecule has 0 spiro atoms. The highest BCUT2D eigenvalue weighted by atomic mass is 32.2. The van der Waals surface area contributed by atoms with E-state index in [4.69, 9.17) is 5.73 Å². The van der Waals surface area contributed by atoms with Gasteiger partial charge in [-0.25, -0.2) is 8.42 Å². The Kier molecular flexibility index (Phi) is 3.82. The van der Waals surface area contributed by atoms with E-state index in [9.17, 15) is 13.2 Å². The van der Waals surface area contributed by atoms with E-state index < -0.39 is 15.9 Å². The van der Waals surface area contributed by atoms with Crippen LogP contribution < -0.4 is 10.5 Å². The van der Waals surface area contributed by atoms with Gasteiger partial charge in [-0.2, -0.15) is 0 Å². The van der Waals surface area contributed by atoms with E-state index in [1.807, 2.05) is 6.92 Å². The number of amides is 1. The van der Waals surface area contributed by atoms with Crippen LogP contribution in [0.4, 0.5) is 5.69 Å². The number of carbonyl (C=O) groups is 1. The van der Waals surface area contributed by atoms with Gasteiger partial charge in [-0.1, -0.05) is 0 Å². The first kappa shape index (κ1) is 14.5. The number of nitrogens with one attached hydrogen (secondary N) is 1. The molecule has 0 radical (unpaired) electrons. The van der Waals surface area contributed by atoms with Crippen LogP contribution in [0.15, 0.2) is 35.2 Å². The lowest BCUT2D eigenvalue weighted by atomic mass is 10.2. The Morgan fingerprint density at radius 3 is 2.25 bits per heavy atom. The molecule has 0 bridgehead atoms. The molecule has 1 heterocycles. The minimum atomic E-state index is -3.61. The Morgan fingerprint density at radius 2 is 1.80 bits per heavy atom. The summed E-state index contributed by atoms with van der Waals surface area (Å²) in [6.45, 7) is 3.63. The van der Waals surface area contributed by atoms with Gasteiger partial charge in [0.1, 0.15) is 4.90 Å². The highest BCUT2D eigenvalue weighted by Crippen LogP contribution is 2.26. The quantitative estimate of drug-likeness (QED) is 0.907. The average Bonchev–Trinajstić information content (AvgIpc) is 2.69. The topological polar surface area (TPSA) is 89.3 Å². The first-order valence-corrected chi connectivity index (χ1v) is 8.09. The third kappa shape index (κ3) is 3.00. The third-order valence-electron chi connectivity index (χ3n) is 2.71. The number of sulfonamides is 1. The van der Waals surface area contributed by atoms with E-state index in [1.54, 1.807) is 13.0 Å². The van der Waals surface area contributed by atoms with Gasteiger partial charge in [-0.3, -0.25) is 9.52 Å². The Bertz CT molecular complexity index is 746. The van der Waals surface area contributed by atoms with Gasteiger partial charge in [-0.05, 0) is 44.2 Å². The molecule has 1 aromatic heterocycles. The van der Waals surface area contributed by atoms with Crippen molar-refractivity contribution in [3.05, 3.63) is 45.6 Å². The second-order valence-electron chi connectivity index (χ2n) is 4.32. The molecular weight excluding hydrogens is 296 g/mol. The van der Waals surface area contributed by atoms with Crippen molar-refractivity contribution in [3.63, 3.8) is 0 Å². The number of carbonyl (C=O) groups excluding carboxylic acids is 1. The molecule has 0 aliphatic heterocycles. The van der Waals surface area contributed by atoms with E-state index in [1.165, 1.54) is 35.6 Å². The zero-order chi connectivity index (χ0) is 14.9. The monoisotopic (exact) mass is 310 g/mol. The smallest absolute Gasteiger partial charge is 0.262 e. The number of hydrogen-bond donors (Lipinski definition) is 2. The van der Waals surface area contributed by atoms with Crippen LogP contribution in [0.1, 0.15) is 20.1 Å². The summed E-state index contributed by atoms with van der Waals surface area (Å²) < 4.78 is 27.0. The summed E-state index contributed by atoms with van der Waals surface area (Å²) in [6, 6.07) is 7.61. The van der Waals surface area contributed by atoms with Crippen molar-refractivity contribution in [1.82, 2.24) is 0 Å². The maximum absolute atomic E-state index is 12.3. The molecule has 0 aliphatic rings.